The van der Waals surface area contributed by atoms with Crippen LogP contribution in [0.2, 0.25) is 0 Å². The molecule has 23 heavy (non-hydrogen) atoms. The van der Waals surface area contributed by atoms with Crippen molar-refractivity contribution in [1.29, 1.82) is 0 Å². The Balaban J connectivity index is 2.11. The maximum atomic E-state index is 5.95. The number of nitrogens with two attached hydrogens (primary N) is 1. The van der Waals surface area contributed by atoms with Crippen molar-refractivity contribution in [3.63, 3.8) is 0 Å². The summed E-state index contributed by atoms with van der Waals surface area (Å²) in [6.07, 6.45) is 7.73. The van der Waals surface area contributed by atoms with Gasteiger partial charge in [0.25, 0.3) is 0 Å². The van der Waals surface area contributed by atoms with Crippen LogP contribution in [0.3, 0.4) is 0 Å². The van der Waals surface area contributed by atoms with Crippen LogP contribution < -0.4 is 11.1 Å². The Bertz CT molecular complexity index is 564. The van der Waals surface area contributed by atoms with E-state index in [0.717, 1.165) is 28.8 Å². The lowest BCUT2D eigenvalue weighted by Gasteiger charge is -2.33. The Morgan fingerprint density at radius 3 is 2.52 bits per heavy atom. The lowest BCUT2D eigenvalue weighted by molar-refractivity contribution is 0.231. The predicted octanol–water partition coefficient (Wildman–Crippen LogP) is 3.82. The van der Waals surface area contributed by atoms with Crippen molar-refractivity contribution in [1.82, 2.24) is 20.1 Å². The zero-order valence-corrected chi connectivity index (χ0v) is 15.0. The van der Waals surface area contributed by atoms with Crippen LogP contribution in [-0.4, -0.2) is 20.8 Å². The summed E-state index contributed by atoms with van der Waals surface area (Å²) in [5.41, 5.74) is 8.03. The minimum absolute atomic E-state index is 0.404. The molecule has 5 heteroatoms. The standard InChI is InChI=1S/C18H31N5/c1-6-13(4)15-7-9-16(10-8-15)22-17(14(5)12(2)3)23-18(19)20-11-21-23/h11,13,15-16,22H,2,6-10H2,1,3-5H3,(H2,19,20,21)/b17-14-/t13?,15-,16+. The summed E-state index contributed by atoms with van der Waals surface area (Å²) >= 11 is 0. The van der Waals surface area contributed by atoms with Gasteiger partial charge in [-0.3, -0.25) is 0 Å². The van der Waals surface area contributed by atoms with E-state index in [2.05, 4.69) is 42.7 Å². The molecular weight excluding hydrogens is 286 g/mol. The molecule has 1 saturated carbocycles. The second kappa shape index (κ2) is 7.66. The highest BCUT2D eigenvalue weighted by Gasteiger charge is 2.25. The number of anilines is 1. The highest BCUT2D eigenvalue weighted by atomic mass is 15.4. The highest BCUT2D eigenvalue weighted by Crippen LogP contribution is 2.32. The molecule has 1 aromatic rings. The van der Waals surface area contributed by atoms with Gasteiger partial charge in [0, 0.05) is 6.04 Å². The summed E-state index contributed by atoms with van der Waals surface area (Å²) in [6, 6.07) is 0.461. The molecule has 1 fully saturated rings. The third-order valence-electron chi connectivity index (χ3n) is 5.34. The summed E-state index contributed by atoms with van der Waals surface area (Å²) in [5, 5.41) is 7.92. The van der Waals surface area contributed by atoms with E-state index in [0.29, 0.717) is 12.0 Å². The van der Waals surface area contributed by atoms with Crippen molar-refractivity contribution >= 4 is 11.8 Å². The van der Waals surface area contributed by atoms with Crippen LogP contribution in [0.5, 0.6) is 0 Å². The van der Waals surface area contributed by atoms with E-state index in [1.54, 1.807) is 4.68 Å². The van der Waals surface area contributed by atoms with Crippen LogP contribution in [0.25, 0.3) is 5.82 Å². The van der Waals surface area contributed by atoms with E-state index in [1.807, 2.05) is 6.92 Å². The number of hydrogen-bond acceptors (Lipinski definition) is 4. The van der Waals surface area contributed by atoms with Gasteiger partial charge in [-0.1, -0.05) is 32.4 Å². The number of hydrogen-bond donors (Lipinski definition) is 2. The van der Waals surface area contributed by atoms with Gasteiger partial charge in [0.05, 0.1) is 0 Å². The van der Waals surface area contributed by atoms with E-state index < -0.39 is 0 Å². The fourth-order valence-corrected chi connectivity index (χ4v) is 3.31. The van der Waals surface area contributed by atoms with Crippen LogP contribution in [0.4, 0.5) is 5.95 Å². The largest absolute Gasteiger partial charge is 0.368 e. The van der Waals surface area contributed by atoms with Gasteiger partial charge in [-0.15, -0.1) is 0 Å². The molecule has 0 amide bonds. The molecule has 3 N–H and O–H groups in total. The Morgan fingerprint density at radius 1 is 1.39 bits per heavy atom. The molecule has 1 aliphatic carbocycles. The molecule has 0 aliphatic heterocycles. The normalized spacial score (nSPS) is 24.0. The van der Waals surface area contributed by atoms with E-state index in [9.17, 15) is 0 Å². The molecule has 0 radical (unpaired) electrons. The number of allylic oxidation sites excluding steroid dienone is 2. The van der Waals surface area contributed by atoms with E-state index >= 15 is 0 Å². The lowest BCUT2D eigenvalue weighted by atomic mass is 9.78. The Morgan fingerprint density at radius 2 is 2.04 bits per heavy atom. The number of nitrogen functional groups attached to an aromatic ring is 1. The van der Waals surface area contributed by atoms with Crippen LogP contribution >= 0.6 is 0 Å². The van der Waals surface area contributed by atoms with Crippen molar-refractivity contribution in [2.24, 2.45) is 11.8 Å². The molecule has 2 rings (SSSR count). The fraction of sp³-hybridized carbons (Fsp3) is 0.667. The minimum Gasteiger partial charge on any atom is -0.368 e. The van der Waals surface area contributed by atoms with Crippen molar-refractivity contribution < 1.29 is 0 Å². The number of aromatic nitrogens is 3. The molecule has 1 aliphatic rings. The average molecular weight is 317 g/mol. The summed E-state index contributed by atoms with van der Waals surface area (Å²) in [6.45, 7) is 12.8. The molecule has 5 nitrogen and oxygen atoms in total. The van der Waals surface area contributed by atoms with Gasteiger partial charge in [0.15, 0.2) is 0 Å². The molecule has 0 saturated heterocycles. The minimum atomic E-state index is 0.404. The quantitative estimate of drug-likeness (QED) is 0.783. The molecule has 0 aromatic carbocycles. The van der Waals surface area contributed by atoms with Crippen LogP contribution in [0.1, 0.15) is 59.8 Å². The van der Waals surface area contributed by atoms with Crippen LogP contribution in [0, 0.1) is 11.8 Å². The van der Waals surface area contributed by atoms with Crippen molar-refractivity contribution in [3.05, 3.63) is 24.1 Å². The van der Waals surface area contributed by atoms with Gasteiger partial charge in [0.1, 0.15) is 12.1 Å². The Labute approximate surface area is 140 Å². The summed E-state index contributed by atoms with van der Waals surface area (Å²) < 4.78 is 1.69. The Kier molecular flexibility index (Phi) is 5.85. The number of nitrogens with one attached hydrogen (secondary N) is 1. The summed E-state index contributed by atoms with van der Waals surface area (Å²) in [4.78, 5) is 4.04. The molecular formula is C18H31N5. The zero-order chi connectivity index (χ0) is 17.0. The number of rotatable bonds is 6. The van der Waals surface area contributed by atoms with Crippen molar-refractivity contribution in [3.8, 4) is 0 Å². The van der Waals surface area contributed by atoms with Gasteiger partial charge >= 0.3 is 0 Å². The second-order valence-electron chi connectivity index (χ2n) is 6.93. The first-order valence-electron chi connectivity index (χ1n) is 8.73. The van der Waals surface area contributed by atoms with E-state index in [4.69, 9.17) is 5.73 Å². The smallest absolute Gasteiger partial charge is 0.224 e. The van der Waals surface area contributed by atoms with Gasteiger partial charge in [0.2, 0.25) is 5.95 Å². The van der Waals surface area contributed by atoms with Crippen LogP contribution in [-0.2, 0) is 0 Å². The zero-order valence-electron chi connectivity index (χ0n) is 15.0. The molecule has 0 bridgehead atoms. The van der Waals surface area contributed by atoms with Gasteiger partial charge in [-0.25, -0.2) is 0 Å². The first kappa shape index (κ1) is 17.6. The van der Waals surface area contributed by atoms with Gasteiger partial charge in [-0.05, 0) is 56.9 Å². The number of nitrogens with zero attached hydrogens (tertiary/aromatic N) is 3. The van der Waals surface area contributed by atoms with E-state index in [1.165, 1.54) is 38.4 Å². The highest BCUT2D eigenvalue weighted by molar-refractivity contribution is 5.56. The third kappa shape index (κ3) is 4.15. The molecule has 128 valence electrons. The average Bonchev–Trinajstić information content (AvgIpc) is 2.97. The molecule has 1 atom stereocenters. The topological polar surface area (TPSA) is 68.8 Å². The first-order valence-corrected chi connectivity index (χ1v) is 8.73. The maximum absolute atomic E-state index is 5.95. The third-order valence-corrected chi connectivity index (χ3v) is 5.34. The molecule has 0 spiro atoms. The van der Waals surface area contributed by atoms with Crippen molar-refractivity contribution in [2.45, 2.75) is 65.8 Å². The van der Waals surface area contributed by atoms with Gasteiger partial charge < -0.3 is 11.1 Å². The maximum Gasteiger partial charge on any atom is 0.224 e. The Hall–Kier alpha value is -1.78. The van der Waals surface area contributed by atoms with E-state index in [-0.39, 0.29) is 0 Å². The second-order valence-corrected chi connectivity index (χ2v) is 6.93. The predicted molar refractivity (Wildman–Crippen MR) is 96.5 cm³/mol. The van der Waals surface area contributed by atoms with Crippen molar-refractivity contribution in [2.75, 3.05) is 5.73 Å². The molecule has 1 unspecified atom stereocenters. The fourth-order valence-electron chi connectivity index (χ4n) is 3.31. The van der Waals surface area contributed by atoms with Crippen LogP contribution in [0.15, 0.2) is 24.1 Å². The first-order chi connectivity index (χ1) is 10.9. The summed E-state index contributed by atoms with van der Waals surface area (Å²) in [7, 11) is 0. The summed E-state index contributed by atoms with van der Waals surface area (Å²) in [5.74, 6) is 3.01. The SMILES string of the molecule is C=C(C)/C(C)=C(/N[C@H]1CC[C@@H](C(C)CC)CC1)n1ncnc1N. The lowest BCUT2D eigenvalue weighted by Crippen LogP contribution is -2.36. The molecule has 1 aromatic heterocycles. The van der Waals surface area contributed by atoms with Gasteiger partial charge in [-0.2, -0.15) is 14.8 Å². The monoisotopic (exact) mass is 317 g/mol. The molecule has 1 heterocycles.